The van der Waals surface area contributed by atoms with Crippen LogP contribution in [0.5, 0.6) is 0 Å². The maximum atomic E-state index is 11.4. The molecule has 0 spiro atoms. The molecule has 0 unspecified atom stereocenters. The fraction of sp³-hybridized carbons (Fsp3) is 0.963. The van der Waals surface area contributed by atoms with Crippen molar-refractivity contribution in [2.24, 2.45) is 0 Å². The van der Waals surface area contributed by atoms with Crippen LogP contribution in [0.1, 0.15) is 148 Å². The fourth-order valence-electron chi connectivity index (χ4n) is 4.02. The molecule has 0 radical (unpaired) electrons. The van der Waals surface area contributed by atoms with Crippen molar-refractivity contribution in [2.75, 3.05) is 13.2 Å². The van der Waals surface area contributed by atoms with E-state index < -0.39 is 6.10 Å². The van der Waals surface area contributed by atoms with Crippen LogP contribution in [0.2, 0.25) is 0 Å². The van der Waals surface area contributed by atoms with Crippen molar-refractivity contribution >= 4 is 5.97 Å². The summed E-state index contributed by atoms with van der Waals surface area (Å²) in [6, 6.07) is 0. The zero-order valence-electron chi connectivity index (χ0n) is 20.8. The molecule has 4 heteroatoms. The summed E-state index contributed by atoms with van der Waals surface area (Å²) in [5.74, 6) is -0.273. The lowest BCUT2D eigenvalue weighted by molar-refractivity contribution is -0.147. The van der Waals surface area contributed by atoms with Crippen LogP contribution in [0.3, 0.4) is 0 Å². The predicted octanol–water partition coefficient (Wildman–Crippen LogP) is 7.48. The van der Waals surface area contributed by atoms with E-state index in [9.17, 15) is 4.79 Å². The van der Waals surface area contributed by atoms with Crippen molar-refractivity contribution in [3.8, 4) is 0 Å². The second-order valence-electron chi connectivity index (χ2n) is 9.34. The smallest absolute Gasteiger partial charge is 0.305 e. The van der Waals surface area contributed by atoms with E-state index in [4.69, 9.17) is 14.9 Å². The van der Waals surface area contributed by atoms with Gasteiger partial charge in [0.15, 0.2) is 0 Å². The number of esters is 1. The number of carbonyl (C=O) groups is 1. The molecule has 0 aliphatic rings. The van der Waals surface area contributed by atoms with Crippen LogP contribution in [0, 0.1) is 0 Å². The molecule has 4 nitrogen and oxygen atoms in total. The monoisotopic (exact) mass is 442 g/mol. The summed E-state index contributed by atoms with van der Waals surface area (Å²) in [6.45, 7) is 1.81. The SMILES string of the molecule is CCCCCCCCCCCCCCCCCCCCCCCC(=O)OC[C@H](O)CO. The van der Waals surface area contributed by atoms with Crippen LogP contribution >= 0.6 is 0 Å². The first-order chi connectivity index (χ1) is 15.2. The minimum atomic E-state index is -0.955. The topological polar surface area (TPSA) is 66.8 Å². The van der Waals surface area contributed by atoms with Gasteiger partial charge in [0.1, 0.15) is 12.7 Å². The third kappa shape index (κ3) is 25.5. The van der Waals surface area contributed by atoms with Gasteiger partial charge in [-0.05, 0) is 6.42 Å². The van der Waals surface area contributed by atoms with E-state index in [-0.39, 0.29) is 19.2 Å². The molecular formula is C27H54O4. The Morgan fingerprint density at radius 2 is 0.935 bits per heavy atom. The summed E-state index contributed by atoms with van der Waals surface area (Å²) in [5.41, 5.74) is 0. The molecule has 0 bridgehead atoms. The average molecular weight is 443 g/mol. The normalized spacial score (nSPS) is 12.2. The van der Waals surface area contributed by atoms with Gasteiger partial charge in [-0.15, -0.1) is 0 Å². The zero-order valence-corrected chi connectivity index (χ0v) is 20.8. The van der Waals surface area contributed by atoms with Gasteiger partial charge >= 0.3 is 5.97 Å². The molecule has 0 aromatic carbocycles. The van der Waals surface area contributed by atoms with E-state index in [1.54, 1.807) is 0 Å². The van der Waals surface area contributed by atoms with Gasteiger partial charge in [-0.2, -0.15) is 0 Å². The van der Waals surface area contributed by atoms with Gasteiger partial charge in [0.25, 0.3) is 0 Å². The van der Waals surface area contributed by atoms with E-state index in [2.05, 4.69) is 6.92 Å². The molecule has 0 saturated carbocycles. The Balaban J connectivity index is 3.10. The standard InChI is InChI=1S/C27H54O4/c1-2-3-4-5-6-7-8-9-10-11-12-13-14-15-16-17-18-19-20-21-22-23-27(30)31-25-26(29)24-28/h26,28-29H,2-25H2,1H3/t26-/m1/s1. The Labute approximate surface area is 193 Å². The lowest BCUT2D eigenvalue weighted by Gasteiger charge is -2.08. The highest BCUT2D eigenvalue weighted by Crippen LogP contribution is 2.15. The lowest BCUT2D eigenvalue weighted by Crippen LogP contribution is -2.21. The van der Waals surface area contributed by atoms with Gasteiger partial charge in [0.2, 0.25) is 0 Å². The highest BCUT2D eigenvalue weighted by atomic mass is 16.5. The molecule has 31 heavy (non-hydrogen) atoms. The van der Waals surface area contributed by atoms with Crippen molar-refractivity contribution in [1.82, 2.24) is 0 Å². The van der Waals surface area contributed by atoms with Gasteiger partial charge in [0.05, 0.1) is 6.61 Å². The predicted molar refractivity (Wildman–Crippen MR) is 131 cm³/mol. The molecule has 186 valence electrons. The van der Waals surface area contributed by atoms with Crippen LogP contribution in [0.4, 0.5) is 0 Å². The van der Waals surface area contributed by atoms with Crippen molar-refractivity contribution < 1.29 is 19.7 Å². The molecule has 0 aliphatic carbocycles. The number of aliphatic hydroxyl groups excluding tert-OH is 2. The Morgan fingerprint density at radius 3 is 1.26 bits per heavy atom. The summed E-state index contributed by atoms with van der Waals surface area (Å²) in [6.07, 6.45) is 27.8. The summed E-state index contributed by atoms with van der Waals surface area (Å²) < 4.78 is 4.89. The highest BCUT2D eigenvalue weighted by molar-refractivity contribution is 5.69. The van der Waals surface area contributed by atoms with Crippen molar-refractivity contribution in [3.63, 3.8) is 0 Å². The second-order valence-corrected chi connectivity index (χ2v) is 9.34. The summed E-state index contributed by atoms with van der Waals surface area (Å²) in [4.78, 5) is 11.4. The molecule has 0 aliphatic heterocycles. The molecule has 0 heterocycles. The van der Waals surface area contributed by atoms with E-state index in [0.717, 1.165) is 12.8 Å². The number of hydrogen-bond donors (Lipinski definition) is 2. The third-order valence-corrected chi connectivity index (χ3v) is 6.13. The molecule has 0 saturated heterocycles. The quantitative estimate of drug-likeness (QED) is 0.114. The average Bonchev–Trinajstić information content (AvgIpc) is 2.78. The van der Waals surface area contributed by atoms with E-state index in [1.807, 2.05) is 0 Å². The van der Waals surface area contributed by atoms with Crippen LogP contribution in [-0.2, 0) is 9.53 Å². The minimum Gasteiger partial charge on any atom is -0.463 e. The Hall–Kier alpha value is -0.610. The van der Waals surface area contributed by atoms with Crippen molar-refractivity contribution in [3.05, 3.63) is 0 Å². The lowest BCUT2D eigenvalue weighted by atomic mass is 10.0. The molecule has 2 N–H and O–H groups in total. The van der Waals surface area contributed by atoms with E-state index in [1.165, 1.54) is 122 Å². The van der Waals surface area contributed by atoms with Crippen LogP contribution in [0.25, 0.3) is 0 Å². The van der Waals surface area contributed by atoms with Crippen LogP contribution in [-0.4, -0.2) is 35.5 Å². The summed E-state index contributed by atoms with van der Waals surface area (Å²) in [7, 11) is 0. The van der Waals surface area contributed by atoms with Gasteiger partial charge in [-0.3, -0.25) is 4.79 Å². The third-order valence-electron chi connectivity index (χ3n) is 6.13. The van der Waals surface area contributed by atoms with Gasteiger partial charge in [0, 0.05) is 6.42 Å². The molecule has 0 aromatic rings. The highest BCUT2D eigenvalue weighted by Gasteiger charge is 2.07. The maximum absolute atomic E-state index is 11.4. The molecule has 0 amide bonds. The van der Waals surface area contributed by atoms with E-state index >= 15 is 0 Å². The summed E-state index contributed by atoms with van der Waals surface area (Å²) >= 11 is 0. The Morgan fingerprint density at radius 1 is 0.613 bits per heavy atom. The molecule has 1 atom stereocenters. The number of unbranched alkanes of at least 4 members (excludes halogenated alkanes) is 20. The van der Waals surface area contributed by atoms with E-state index in [0.29, 0.717) is 6.42 Å². The Kier molecular flexibility index (Phi) is 25.1. The number of ether oxygens (including phenoxy) is 1. The maximum Gasteiger partial charge on any atom is 0.305 e. The largest absolute Gasteiger partial charge is 0.463 e. The first-order valence-electron chi connectivity index (χ1n) is 13.6. The number of aliphatic hydroxyl groups is 2. The van der Waals surface area contributed by atoms with Crippen molar-refractivity contribution in [1.29, 1.82) is 0 Å². The summed E-state index contributed by atoms with van der Waals surface area (Å²) in [5, 5.41) is 17.8. The molecule has 0 aromatic heterocycles. The fourth-order valence-corrected chi connectivity index (χ4v) is 4.02. The molecule has 0 rings (SSSR count). The number of rotatable bonds is 25. The van der Waals surface area contributed by atoms with Gasteiger partial charge in [-0.1, -0.05) is 135 Å². The zero-order chi connectivity index (χ0) is 22.8. The first kappa shape index (κ1) is 30.4. The first-order valence-corrected chi connectivity index (χ1v) is 13.6. The second kappa shape index (κ2) is 25.6. The van der Waals surface area contributed by atoms with Crippen LogP contribution < -0.4 is 0 Å². The Bertz CT molecular complexity index is 359. The number of hydrogen-bond acceptors (Lipinski definition) is 4. The molecular weight excluding hydrogens is 388 g/mol. The van der Waals surface area contributed by atoms with Gasteiger partial charge < -0.3 is 14.9 Å². The van der Waals surface area contributed by atoms with Crippen molar-refractivity contribution in [2.45, 2.75) is 154 Å². The molecule has 0 fully saturated rings. The van der Waals surface area contributed by atoms with Crippen LogP contribution in [0.15, 0.2) is 0 Å². The number of carbonyl (C=O) groups excluding carboxylic acids is 1. The minimum absolute atomic E-state index is 0.103. The van der Waals surface area contributed by atoms with Gasteiger partial charge in [-0.25, -0.2) is 0 Å².